The lowest BCUT2D eigenvalue weighted by Crippen LogP contribution is -2.18. The SMILES string of the molecule is COC(=O)CCNCc1nc(C)no1. The van der Waals surface area contributed by atoms with E-state index in [1.165, 1.54) is 7.11 Å². The van der Waals surface area contributed by atoms with Gasteiger partial charge in [0.25, 0.3) is 0 Å². The Hall–Kier alpha value is -1.43. The molecule has 1 N–H and O–H groups in total. The van der Waals surface area contributed by atoms with Gasteiger partial charge in [-0.15, -0.1) is 0 Å². The van der Waals surface area contributed by atoms with E-state index in [-0.39, 0.29) is 5.97 Å². The van der Waals surface area contributed by atoms with Crippen molar-refractivity contribution in [3.8, 4) is 0 Å². The van der Waals surface area contributed by atoms with Crippen LogP contribution in [0.2, 0.25) is 0 Å². The maximum atomic E-state index is 10.7. The summed E-state index contributed by atoms with van der Waals surface area (Å²) < 4.78 is 9.33. The average Bonchev–Trinajstić information content (AvgIpc) is 2.58. The molecule has 0 amide bonds. The molecule has 1 rings (SSSR count). The molecule has 0 bridgehead atoms. The molecule has 6 nitrogen and oxygen atoms in total. The van der Waals surface area contributed by atoms with E-state index in [1.54, 1.807) is 6.92 Å². The quantitative estimate of drug-likeness (QED) is 0.532. The number of rotatable bonds is 5. The van der Waals surface area contributed by atoms with Crippen molar-refractivity contribution >= 4 is 5.97 Å². The molecule has 0 unspecified atom stereocenters. The molecule has 0 aliphatic carbocycles. The Morgan fingerprint density at radius 3 is 3.00 bits per heavy atom. The summed E-state index contributed by atoms with van der Waals surface area (Å²) in [5.41, 5.74) is 0. The van der Waals surface area contributed by atoms with E-state index in [2.05, 4.69) is 20.2 Å². The summed E-state index contributed by atoms with van der Waals surface area (Å²) in [6.07, 6.45) is 0.337. The third kappa shape index (κ3) is 3.53. The molecule has 0 saturated heterocycles. The lowest BCUT2D eigenvalue weighted by Gasteiger charge is -1.99. The molecule has 0 aliphatic rings. The summed E-state index contributed by atoms with van der Waals surface area (Å²) in [5.74, 6) is 0.890. The number of methoxy groups -OCH3 is 1. The van der Waals surface area contributed by atoms with Crippen LogP contribution in [-0.2, 0) is 16.1 Å². The van der Waals surface area contributed by atoms with Crippen molar-refractivity contribution in [2.24, 2.45) is 0 Å². The molecule has 1 aromatic rings. The van der Waals surface area contributed by atoms with E-state index < -0.39 is 0 Å². The first-order valence-electron chi connectivity index (χ1n) is 4.29. The minimum atomic E-state index is -0.237. The summed E-state index contributed by atoms with van der Waals surface area (Å²) >= 11 is 0. The van der Waals surface area contributed by atoms with Gasteiger partial charge in [0, 0.05) is 6.54 Å². The standard InChI is InChI=1S/C8H13N3O3/c1-6-10-7(14-11-6)5-9-4-3-8(12)13-2/h9H,3-5H2,1-2H3. The highest BCUT2D eigenvalue weighted by Gasteiger charge is 2.02. The van der Waals surface area contributed by atoms with Crippen LogP contribution >= 0.6 is 0 Å². The molecule has 1 aromatic heterocycles. The zero-order valence-electron chi connectivity index (χ0n) is 8.24. The predicted molar refractivity (Wildman–Crippen MR) is 47.4 cm³/mol. The first-order chi connectivity index (χ1) is 6.72. The lowest BCUT2D eigenvalue weighted by atomic mass is 10.4. The second-order valence-corrected chi connectivity index (χ2v) is 2.74. The molecule has 6 heteroatoms. The number of carbonyl (C=O) groups excluding carboxylic acids is 1. The Labute approximate surface area is 81.6 Å². The molecule has 0 radical (unpaired) electrons. The van der Waals surface area contributed by atoms with Gasteiger partial charge >= 0.3 is 5.97 Å². The fourth-order valence-corrected chi connectivity index (χ4v) is 0.900. The molecule has 1 heterocycles. The van der Waals surface area contributed by atoms with Crippen molar-refractivity contribution in [2.45, 2.75) is 19.9 Å². The fourth-order valence-electron chi connectivity index (χ4n) is 0.900. The van der Waals surface area contributed by atoms with Crippen molar-refractivity contribution in [1.82, 2.24) is 15.5 Å². The second-order valence-electron chi connectivity index (χ2n) is 2.74. The monoisotopic (exact) mass is 199 g/mol. The summed E-state index contributed by atoms with van der Waals surface area (Å²) in [7, 11) is 1.36. The predicted octanol–water partition coefficient (Wildman–Crippen LogP) is 0.0307. The van der Waals surface area contributed by atoms with Crippen LogP contribution in [0, 0.1) is 6.92 Å². The van der Waals surface area contributed by atoms with E-state index in [4.69, 9.17) is 4.52 Å². The second kappa shape index (κ2) is 5.33. The Morgan fingerprint density at radius 2 is 2.43 bits per heavy atom. The smallest absolute Gasteiger partial charge is 0.306 e. The van der Waals surface area contributed by atoms with E-state index in [9.17, 15) is 4.79 Å². The van der Waals surface area contributed by atoms with Gasteiger partial charge in [0.1, 0.15) is 0 Å². The number of carbonyl (C=O) groups is 1. The van der Waals surface area contributed by atoms with Crippen LogP contribution in [0.1, 0.15) is 18.1 Å². The van der Waals surface area contributed by atoms with E-state index in [0.29, 0.717) is 31.2 Å². The normalized spacial score (nSPS) is 10.1. The van der Waals surface area contributed by atoms with Gasteiger partial charge < -0.3 is 14.6 Å². The third-order valence-electron chi connectivity index (χ3n) is 1.58. The molecule has 0 atom stereocenters. The van der Waals surface area contributed by atoms with Crippen LogP contribution in [0.4, 0.5) is 0 Å². The summed E-state index contributed by atoms with van der Waals surface area (Å²) in [4.78, 5) is 14.7. The summed E-state index contributed by atoms with van der Waals surface area (Å²) in [5, 5.41) is 6.61. The first-order valence-corrected chi connectivity index (χ1v) is 4.29. The highest BCUT2D eigenvalue weighted by molar-refractivity contribution is 5.69. The number of hydrogen-bond donors (Lipinski definition) is 1. The molecule has 0 aliphatic heterocycles. The molecule has 78 valence electrons. The maximum Gasteiger partial charge on any atom is 0.306 e. The van der Waals surface area contributed by atoms with Crippen LogP contribution < -0.4 is 5.32 Å². The molecule has 0 aromatic carbocycles. The Balaban J connectivity index is 2.13. The number of aryl methyl sites for hydroxylation is 1. The molecule has 0 saturated carbocycles. The molecule has 0 spiro atoms. The molecular weight excluding hydrogens is 186 g/mol. The number of nitrogens with zero attached hydrogens (tertiary/aromatic N) is 2. The Morgan fingerprint density at radius 1 is 1.64 bits per heavy atom. The fraction of sp³-hybridized carbons (Fsp3) is 0.625. The van der Waals surface area contributed by atoms with Gasteiger partial charge in [-0.3, -0.25) is 4.79 Å². The average molecular weight is 199 g/mol. The minimum Gasteiger partial charge on any atom is -0.469 e. The largest absolute Gasteiger partial charge is 0.469 e. The van der Waals surface area contributed by atoms with Crippen molar-refractivity contribution < 1.29 is 14.1 Å². The Kier molecular flexibility index (Phi) is 4.06. The van der Waals surface area contributed by atoms with Gasteiger partial charge in [0.05, 0.1) is 20.1 Å². The van der Waals surface area contributed by atoms with Gasteiger partial charge in [0.2, 0.25) is 5.89 Å². The van der Waals surface area contributed by atoms with Crippen LogP contribution in [0.5, 0.6) is 0 Å². The lowest BCUT2D eigenvalue weighted by molar-refractivity contribution is -0.140. The number of hydrogen-bond acceptors (Lipinski definition) is 6. The summed E-state index contributed by atoms with van der Waals surface area (Å²) in [6, 6.07) is 0. The van der Waals surface area contributed by atoms with Crippen LogP contribution in [0.3, 0.4) is 0 Å². The van der Waals surface area contributed by atoms with Crippen LogP contribution in [-0.4, -0.2) is 29.8 Å². The van der Waals surface area contributed by atoms with E-state index >= 15 is 0 Å². The van der Waals surface area contributed by atoms with Gasteiger partial charge in [-0.25, -0.2) is 0 Å². The Bertz CT molecular complexity index is 298. The molecular formula is C8H13N3O3. The van der Waals surface area contributed by atoms with Gasteiger partial charge in [-0.2, -0.15) is 4.98 Å². The number of esters is 1. The highest BCUT2D eigenvalue weighted by atomic mass is 16.5. The van der Waals surface area contributed by atoms with Gasteiger partial charge in [-0.1, -0.05) is 5.16 Å². The topological polar surface area (TPSA) is 77.2 Å². The highest BCUT2D eigenvalue weighted by Crippen LogP contribution is 1.94. The number of ether oxygens (including phenoxy) is 1. The first kappa shape index (κ1) is 10.6. The van der Waals surface area contributed by atoms with E-state index in [0.717, 1.165) is 0 Å². The number of nitrogens with one attached hydrogen (secondary N) is 1. The van der Waals surface area contributed by atoms with Gasteiger partial charge in [-0.05, 0) is 6.92 Å². The summed E-state index contributed by atoms with van der Waals surface area (Å²) in [6.45, 7) is 2.76. The maximum absolute atomic E-state index is 10.7. The molecule has 14 heavy (non-hydrogen) atoms. The minimum absolute atomic E-state index is 0.237. The van der Waals surface area contributed by atoms with Crippen LogP contribution in [0.25, 0.3) is 0 Å². The van der Waals surface area contributed by atoms with Crippen molar-refractivity contribution in [1.29, 1.82) is 0 Å². The van der Waals surface area contributed by atoms with Crippen molar-refractivity contribution in [2.75, 3.05) is 13.7 Å². The van der Waals surface area contributed by atoms with Crippen molar-refractivity contribution in [3.63, 3.8) is 0 Å². The third-order valence-corrected chi connectivity index (χ3v) is 1.58. The molecule has 0 fully saturated rings. The zero-order valence-corrected chi connectivity index (χ0v) is 8.24. The van der Waals surface area contributed by atoms with Gasteiger partial charge in [0.15, 0.2) is 5.82 Å². The van der Waals surface area contributed by atoms with Crippen LogP contribution in [0.15, 0.2) is 4.52 Å². The zero-order chi connectivity index (χ0) is 10.4. The van der Waals surface area contributed by atoms with Crippen molar-refractivity contribution in [3.05, 3.63) is 11.7 Å². The van der Waals surface area contributed by atoms with E-state index in [1.807, 2.05) is 0 Å². The number of aromatic nitrogens is 2.